The van der Waals surface area contributed by atoms with E-state index in [-0.39, 0.29) is 24.0 Å². The number of fused-ring (bicyclic) bond motifs is 2. The summed E-state index contributed by atoms with van der Waals surface area (Å²) in [7, 11) is 0. The van der Waals surface area contributed by atoms with Gasteiger partial charge in [0.15, 0.2) is 5.96 Å². The van der Waals surface area contributed by atoms with E-state index in [1.54, 1.807) is 0 Å². The van der Waals surface area contributed by atoms with E-state index in [2.05, 4.69) is 24.5 Å². The summed E-state index contributed by atoms with van der Waals surface area (Å²) in [6, 6.07) is 0.463. The van der Waals surface area contributed by atoms with Gasteiger partial charge in [0.25, 0.3) is 0 Å². The smallest absolute Gasteiger partial charge is 0.191 e. The standard InChI is InChI=1S/C17H31N3O.HI/c1-3-18-17(19-11-13-7-5-4-6-12(13)2)20-15-10-14-8-9-16(15)21-14;/h12-16H,3-11H2,1-2H3,(H2,18,19,20);1H. The first-order valence-electron chi connectivity index (χ1n) is 8.96. The zero-order valence-electron chi connectivity index (χ0n) is 14.0. The molecule has 0 aromatic carbocycles. The van der Waals surface area contributed by atoms with Crippen molar-refractivity contribution >= 4 is 29.9 Å². The molecule has 3 fully saturated rings. The fourth-order valence-electron chi connectivity index (χ4n) is 4.16. The third-order valence-electron chi connectivity index (χ3n) is 5.55. The topological polar surface area (TPSA) is 45.7 Å². The number of ether oxygens (including phenoxy) is 1. The molecule has 2 heterocycles. The fourth-order valence-corrected chi connectivity index (χ4v) is 4.16. The first-order chi connectivity index (χ1) is 10.3. The van der Waals surface area contributed by atoms with Crippen molar-refractivity contribution in [3.05, 3.63) is 0 Å². The Balaban J connectivity index is 0.00000176. The van der Waals surface area contributed by atoms with Gasteiger partial charge < -0.3 is 15.4 Å². The Kier molecular flexibility index (Phi) is 7.25. The number of nitrogens with zero attached hydrogens (tertiary/aromatic N) is 1. The molecule has 0 spiro atoms. The van der Waals surface area contributed by atoms with E-state index in [0.29, 0.717) is 18.2 Å². The van der Waals surface area contributed by atoms with Crippen LogP contribution in [0.4, 0.5) is 0 Å². The number of hydrogen-bond donors (Lipinski definition) is 2. The van der Waals surface area contributed by atoms with Gasteiger partial charge in [-0.2, -0.15) is 0 Å². The molecule has 0 aromatic rings. The number of guanidine groups is 1. The van der Waals surface area contributed by atoms with Gasteiger partial charge in [-0.15, -0.1) is 24.0 Å². The van der Waals surface area contributed by atoms with Gasteiger partial charge in [-0.25, -0.2) is 0 Å². The van der Waals surface area contributed by atoms with Gasteiger partial charge in [-0.05, 0) is 44.4 Å². The Bertz CT molecular complexity index is 377. The monoisotopic (exact) mass is 421 g/mol. The second-order valence-electron chi connectivity index (χ2n) is 7.10. The number of nitrogens with one attached hydrogen (secondary N) is 2. The van der Waals surface area contributed by atoms with Gasteiger partial charge in [-0.1, -0.05) is 26.2 Å². The molecule has 3 rings (SSSR count). The van der Waals surface area contributed by atoms with E-state index in [1.807, 2.05) is 0 Å². The molecule has 2 aliphatic heterocycles. The normalized spacial score (nSPS) is 37.7. The second kappa shape index (κ2) is 8.71. The molecule has 5 heteroatoms. The molecule has 2 saturated heterocycles. The van der Waals surface area contributed by atoms with Crippen molar-refractivity contribution in [2.24, 2.45) is 16.8 Å². The molecule has 0 amide bonds. The Hall–Kier alpha value is -0.0400. The van der Waals surface area contributed by atoms with Crippen molar-refractivity contribution in [2.45, 2.75) is 77.0 Å². The summed E-state index contributed by atoms with van der Waals surface area (Å²) in [5.74, 6) is 2.60. The van der Waals surface area contributed by atoms with Crippen LogP contribution in [0.1, 0.15) is 58.8 Å². The summed E-state index contributed by atoms with van der Waals surface area (Å²) in [5, 5.41) is 7.02. The van der Waals surface area contributed by atoms with Gasteiger partial charge in [-0.3, -0.25) is 4.99 Å². The summed E-state index contributed by atoms with van der Waals surface area (Å²) in [6.45, 7) is 6.42. The molecule has 0 aromatic heterocycles. The van der Waals surface area contributed by atoms with Crippen LogP contribution in [0, 0.1) is 11.8 Å². The first-order valence-corrected chi connectivity index (χ1v) is 8.96. The van der Waals surface area contributed by atoms with Crippen molar-refractivity contribution in [2.75, 3.05) is 13.1 Å². The van der Waals surface area contributed by atoms with Crippen LogP contribution in [0.15, 0.2) is 4.99 Å². The average molecular weight is 421 g/mol. The SMILES string of the molecule is CCNC(=NCC1CCCCC1C)NC1CC2CCC1O2.I. The molecule has 5 atom stereocenters. The molecule has 4 nitrogen and oxygen atoms in total. The van der Waals surface area contributed by atoms with E-state index in [9.17, 15) is 0 Å². The summed E-state index contributed by atoms with van der Waals surface area (Å²) in [6.07, 6.45) is 10.0. The van der Waals surface area contributed by atoms with E-state index < -0.39 is 0 Å². The van der Waals surface area contributed by atoms with Crippen molar-refractivity contribution in [3.63, 3.8) is 0 Å². The minimum Gasteiger partial charge on any atom is -0.373 e. The number of aliphatic imine (C=N–C) groups is 1. The lowest BCUT2D eigenvalue weighted by Crippen LogP contribution is -2.47. The van der Waals surface area contributed by atoms with Crippen LogP contribution >= 0.6 is 24.0 Å². The lowest BCUT2D eigenvalue weighted by molar-refractivity contribution is 0.0992. The zero-order valence-corrected chi connectivity index (χ0v) is 16.3. The van der Waals surface area contributed by atoms with Gasteiger partial charge in [0.1, 0.15) is 0 Å². The minimum atomic E-state index is 0. The van der Waals surface area contributed by atoms with Crippen molar-refractivity contribution < 1.29 is 4.74 Å². The number of rotatable bonds is 4. The maximum atomic E-state index is 5.93. The van der Waals surface area contributed by atoms with Crippen LogP contribution in [0.5, 0.6) is 0 Å². The van der Waals surface area contributed by atoms with Crippen LogP contribution in [0.25, 0.3) is 0 Å². The molecule has 128 valence electrons. The lowest BCUT2D eigenvalue weighted by atomic mass is 9.80. The largest absolute Gasteiger partial charge is 0.373 e. The van der Waals surface area contributed by atoms with Gasteiger partial charge in [0.05, 0.1) is 18.2 Å². The maximum Gasteiger partial charge on any atom is 0.191 e. The summed E-state index contributed by atoms with van der Waals surface area (Å²) >= 11 is 0. The molecule has 5 unspecified atom stereocenters. The van der Waals surface area contributed by atoms with Gasteiger partial charge in [0.2, 0.25) is 0 Å². The van der Waals surface area contributed by atoms with E-state index >= 15 is 0 Å². The highest BCUT2D eigenvalue weighted by atomic mass is 127. The van der Waals surface area contributed by atoms with Crippen molar-refractivity contribution in [1.82, 2.24) is 10.6 Å². The number of halogens is 1. The quantitative estimate of drug-likeness (QED) is 0.416. The molecule has 3 aliphatic rings. The van der Waals surface area contributed by atoms with Gasteiger partial charge in [0, 0.05) is 13.1 Å². The summed E-state index contributed by atoms with van der Waals surface area (Å²) in [5.41, 5.74) is 0. The maximum absolute atomic E-state index is 5.93. The molecule has 0 radical (unpaired) electrons. The molecule has 22 heavy (non-hydrogen) atoms. The highest BCUT2D eigenvalue weighted by molar-refractivity contribution is 14.0. The van der Waals surface area contributed by atoms with E-state index in [4.69, 9.17) is 9.73 Å². The average Bonchev–Trinajstić information content (AvgIpc) is 3.09. The third kappa shape index (κ3) is 4.49. The van der Waals surface area contributed by atoms with Gasteiger partial charge >= 0.3 is 0 Å². The Morgan fingerprint density at radius 1 is 1.18 bits per heavy atom. The predicted molar refractivity (Wildman–Crippen MR) is 102 cm³/mol. The molecular weight excluding hydrogens is 389 g/mol. The third-order valence-corrected chi connectivity index (χ3v) is 5.55. The summed E-state index contributed by atoms with van der Waals surface area (Å²) in [4.78, 5) is 4.87. The Labute approximate surface area is 152 Å². The van der Waals surface area contributed by atoms with E-state index in [0.717, 1.165) is 37.3 Å². The zero-order chi connectivity index (χ0) is 14.7. The van der Waals surface area contributed by atoms with Crippen LogP contribution in [0.2, 0.25) is 0 Å². The molecule has 2 N–H and O–H groups in total. The van der Waals surface area contributed by atoms with Crippen LogP contribution in [-0.4, -0.2) is 37.3 Å². The minimum absolute atomic E-state index is 0. The fraction of sp³-hybridized carbons (Fsp3) is 0.941. The molecule has 2 bridgehead atoms. The Morgan fingerprint density at radius 2 is 2.00 bits per heavy atom. The van der Waals surface area contributed by atoms with Crippen LogP contribution in [-0.2, 0) is 4.74 Å². The lowest BCUT2D eigenvalue weighted by Gasteiger charge is -2.28. The van der Waals surface area contributed by atoms with Crippen LogP contribution < -0.4 is 10.6 Å². The second-order valence-corrected chi connectivity index (χ2v) is 7.10. The molecule has 1 aliphatic carbocycles. The molecular formula is C17H32IN3O. The van der Waals surface area contributed by atoms with Crippen molar-refractivity contribution in [3.8, 4) is 0 Å². The Morgan fingerprint density at radius 3 is 2.64 bits per heavy atom. The number of hydrogen-bond acceptors (Lipinski definition) is 2. The first kappa shape index (κ1) is 18.3. The predicted octanol–water partition coefficient (Wildman–Crippen LogP) is 3.31. The highest BCUT2D eigenvalue weighted by Crippen LogP contribution is 2.34. The van der Waals surface area contributed by atoms with Crippen LogP contribution in [0.3, 0.4) is 0 Å². The van der Waals surface area contributed by atoms with E-state index in [1.165, 1.54) is 38.5 Å². The van der Waals surface area contributed by atoms with Crippen molar-refractivity contribution in [1.29, 1.82) is 0 Å². The molecule has 1 saturated carbocycles. The summed E-state index contributed by atoms with van der Waals surface area (Å²) < 4.78 is 5.93. The highest BCUT2D eigenvalue weighted by Gasteiger charge is 2.41.